The van der Waals surface area contributed by atoms with Crippen molar-refractivity contribution in [3.63, 3.8) is 0 Å². The zero-order chi connectivity index (χ0) is 18.8. The first-order valence-electron chi connectivity index (χ1n) is 8.00. The van der Waals surface area contributed by atoms with Crippen LogP contribution in [0.1, 0.15) is 12.5 Å². The van der Waals surface area contributed by atoms with Crippen molar-refractivity contribution in [1.29, 1.82) is 0 Å². The number of hydrogen-bond acceptors (Lipinski definition) is 6. The van der Waals surface area contributed by atoms with Crippen molar-refractivity contribution in [3.8, 4) is 11.1 Å². The maximum Gasteiger partial charge on any atom is 0.263 e. The summed E-state index contributed by atoms with van der Waals surface area (Å²) in [6.07, 6.45) is 1.60. The first-order chi connectivity index (χ1) is 12.4. The van der Waals surface area contributed by atoms with Crippen LogP contribution < -0.4 is 10.7 Å². The molecule has 0 fully saturated rings. The van der Waals surface area contributed by atoms with Crippen LogP contribution in [0.5, 0.6) is 0 Å². The van der Waals surface area contributed by atoms with E-state index < -0.39 is 11.2 Å². The maximum absolute atomic E-state index is 13.1. The molecule has 0 spiro atoms. The van der Waals surface area contributed by atoms with Crippen LogP contribution >= 0.6 is 23.1 Å². The quantitative estimate of drug-likeness (QED) is 0.371. The molecule has 1 aromatic carbocycles. The number of carbonyl (C=O) groups is 1. The highest BCUT2D eigenvalue weighted by molar-refractivity contribution is 8.00. The molecule has 1 atom stereocenters. The number of thiophene rings is 1. The van der Waals surface area contributed by atoms with Gasteiger partial charge in [-0.1, -0.05) is 47.7 Å². The molecule has 0 unspecified atom stereocenters. The number of hydrogen-bond donors (Lipinski definition) is 0. The number of carboxylic acid groups (broad SMARTS) is 1. The fourth-order valence-electron chi connectivity index (χ4n) is 2.54. The number of benzene rings is 1. The molecule has 0 N–H and O–H groups in total. The Bertz CT molecular complexity index is 1040. The van der Waals surface area contributed by atoms with Gasteiger partial charge < -0.3 is 9.90 Å². The predicted octanol–water partition coefficient (Wildman–Crippen LogP) is 2.85. The van der Waals surface area contributed by atoms with E-state index in [1.54, 1.807) is 6.08 Å². The van der Waals surface area contributed by atoms with E-state index >= 15 is 0 Å². The number of allylic oxidation sites excluding steroid dienone is 1. The van der Waals surface area contributed by atoms with E-state index in [0.717, 1.165) is 28.5 Å². The van der Waals surface area contributed by atoms with Gasteiger partial charge in [0.1, 0.15) is 4.83 Å². The van der Waals surface area contributed by atoms with E-state index in [1.807, 2.05) is 36.6 Å². The number of fused-ring (bicyclic) bond motifs is 1. The lowest BCUT2D eigenvalue weighted by Crippen LogP contribution is -2.32. The van der Waals surface area contributed by atoms with Gasteiger partial charge >= 0.3 is 0 Å². The summed E-state index contributed by atoms with van der Waals surface area (Å²) in [6.45, 7) is 7.47. The van der Waals surface area contributed by atoms with E-state index in [2.05, 4.69) is 11.6 Å². The summed E-state index contributed by atoms with van der Waals surface area (Å²) in [6, 6.07) is 7.96. The Morgan fingerprint density at radius 3 is 2.73 bits per heavy atom. The Hall–Kier alpha value is -2.38. The highest BCUT2D eigenvalue weighted by atomic mass is 32.2. The predicted molar refractivity (Wildman–Crippen MR) is 105 cm³/mol. The Labute approximate surface area is 159 Å². The third-order valence-corrected chi connectivity index (χ3v) is 5.89. The third kappa shape index (κ3) is 3.45. The molecular weight excluding hydrogens is 368 g/mol. The maximum atomic E-state index is 13.1. The van der Waals surface area contributed by atoms with E-state index in [9.17, 15) is 14.7 Å². The van der Waals surface area contributed by atoms with Crippen molar-refractivity contribution in [3.05, 3.63) is 58.2 Å². The second-order valence-electron chi connectivity index (χ2n) is 5.87. The highest BCUT2D eigenvalue weighted by Crippen LogP contribution is 2.33. The number of aliphatic carboxylic acids is 1. The summed E-state index contributed by atoms with van der Waals surface area (Å²) in [5, 5.41) is 13.1. The normalized spacial score (nSPS) is 12.2. The van der Waals surface area contributed by atoms with Gasteiger partial charge in [-0.3, -0.25) is 9.36 Å². The van der Waals surface area contributed by atoms with Crippen molar-refractivity contribution >= 4 is 39.3 Å². The molecule has 0 bridgehead atoms. The molecule has 26 heavy (non-hydrogen) atoms. The molecule has 7 heteroatoms. The largest absolute Gasteiger partial charge is 0.549 e. The third-order valence-electron chi connectivity index (χ3n) is 3.95. The van der Waals surface area contributed by atoms with Crippen molar-refractivity contribution in [2.45, 2.75) is 30.8 Å². The van der Waals surface area contributed by atoms with Gasteiger partial charge in [0, 0.05) is 22.7 Å². The van der Waals surface area contributed by atoms with E-state index in [0.29, 0.717) is 15.4 Å². The topological polar surface area (TPSA) is 75.0 Å². The summed E-state index contributed by atoms with van der Waals surface area (Å²) in [5.41, 5.74) is 2.74. The smallest absolute Gasteiger partial charge is 0.263 e. The van der Waals surface area contributed by atoms with Crippen LogP contribution in [-0.2, 0) is 11.3 Å². The van der Waals surface area contributed by atoms with E-state index in [1.165, 1.54) is 22.8 Å². The molecule has 0 aliphatic rings. The molecule has 3 aromatic rings. The lowest BCUT2D eigenvalue weighted by atomic mass is 10.1. The monoisotopic (exact) mass is 385 g/mol. The summed E-state index contributed by atoms with van der Waals surface area (Å²) in [4.78, 5) is 29.3. The lowest BCUT2D eigenvalue weighted by molar-refractivity contribution is -0.304. The number of nitrogens with zero attached hydrogens (tertiary/aromatic N) is 2. The molecule has 0 saturated heterocycles. The van der Waals surface area contributed by atoms with Gasteiger partial charge in [0.15, 0.2) is 5.16 Å². The highest BCUT2D eigenvalue weighted by Gasteiger charge is 2.18. The zero-order valence-electron chi connectivity index (χ0n) is 14.4. The zero-order valence-corrected chi connectivity index (χ0v) is 16.0. The standard InChI is InChI=1S/C19H18N2O3S2/c1-4-9-21-17(22)15-14(13-7-5-11(2)6-8-13)10-25-16(15)20-19(21)26-12(3)18(23)24/h4-8,10,12H,1,9H2,2-3H3,(H,23,24)/p-1/t12-/m1/s1. The van der Waals surface area contributed by atoms with Gasteiger partial charge in [0.2, 0.25) is 0 Å². The molecule has 5 nitrogen and oxygen atoms in total. The number of carbonyl (C=O) groups excluding carboxylic acids is 1. The minimum absolute atomic E-state index is 0.195. The molecule has 134 valence electrons. The van der Waals surface area contributed by atoms with Crippen LogP contribution in [0.15, 0.2) is 52.3 Å². The molecule has 0 saturated carbocycles. The minimum atomic E-state index is -1.19. The minimum Gasteiger partial charge on any atom is -0.549 e. The van der Waals surface area contributed by atoms with Crippen molar-refractivity contribution in [2.24, 2.45) is 0 Å². The van der Waals surface area contributed by atoms with Crippen molar-refractivity contribution in [2.75, 3.05) is 0 Å². The number of carboxylic acids is 1. The van der Waals surface area contributed by atoms with Crippen LogP contribution in [0.4, 0.5) is 0 Å². The number of aryl methyl sites for hydroxylation is 1. The number of thioether (sulfide) groups is 1. The van der Waals surface area contributed by atoms with Crippen LogP contribution in [0.3, 0.4) is 0 Å². The molecule has 0 radical (unpaired) electrons. The molecule has 0 aliphatic carbocycles. The molecule has 2 aromatic heterocycles. The van der Waals surface area contributed by atoms with Crippen LogP contribution in [0.25, 0.3) is 21.3 Å². The van der Waals surface area contributed by atoms with Crippen LogP contribution in [0, 0.1) is 6.92 Å². The molecule has 0 amide bonds. The van der Waals surface area contributed by atoms with E-state index in [-0.39, 0.29) is 12.1 Å². The Balaban J connectivity index is 2.20. The van der Waals surface area contributed by atoms with E-state index in [4.69, 9.17) is 0 Å². The summed E-state index contributed by atoms with van der Waals surface area (Å²) < 4.78 is 1.46. The molecule has 3 rings (SSSR count). The van der Waals surface area contributed by atoms with Crippen LogP contribution in [0.2, 0.25) is 0 Å². The number of rotatable bonds is 6. The Morgan fingerprint density at radius 2 is 2.12 bits per heavy atom. The van der Waals surface area contributed by atoms with Gasteiger partial charge in [-0.2, -0.15) is 0 Å². The molecule has 0 aliphatic heterocycles. The number of aromatic nitrogens is 2. The van der Waals surface area contributed by atoms with Crippen molar-refractivity contribution in [1.82, 2.24) is 9.55 Å². The summed E-state index contributed by atoms with van der Waals surface area (Å²) in [7, 11) is 0. The lowest BCUT2D eigenvalue weighted by Gasteiger charge is -2.15. The Kier molecular flexibility index (Phi) is 5.29. The Morgan fingerprint density at radius 1 is 1.42 bits per heavy atom. The second-order valence-corrected chi connectivity index (χ2v) is 8.04. The second kappa shape index (κ2) is 7.47. The van der Waals surface area contributed by atoms with Gasteiger partial charge in [-0.05, 0) is 19.4 Å². The molecule has 2 heterocycles. The fraction of sp³-hybridized carbons (Fsp3) is 0.211. The average Bonchev–Trinajstić information content (AvgIpc) is 3.03. The van der Waals surface area contributed by atoms with Gasteiger partial charge in [-0.25, -0.2) is 4.98 Å². The first kappa shape index (κ1) is 18.4. The van der Waals surface area contributed by atoms with Gasteiger partial charge in [-0.15, -0.1) is 17.9 Å². The summed E-state index contributed by atoms with van der Waals surface area (Å²) in [5.74, 6) is -1.19. The molecular formula is C19H17N2O3S2-. The fourth-order valence-corrected chi connectivity index (χ4v) is 4.37. The van der Waals surface area contributed by atoms with Crippen LogP contribution in [-0.4, -0.2) is 20.8 Å². The first-order valence-corrected chi connectivity index (χ1v) is 9.75. The van der Waals surface area contributed by atoms with Gasteiger partial charge in [0.25, 0.3) is 5.56 Å². The van der Waals surface area contributed by atoms with Gasteiger partial charge in [0.05, 0.1) is 11.4 Å². The SMILES string of the molecule is C=CCn1c(S[C@H](C)C(=O)[O-])nc2scc(-c3ccc(C)cc3)c2c1=O. The summed E-state index contributed by atoms with van der Waals surface area (Å²) >= 11 is 2.38. The average molecular weight is 385 g/mol. The van der Waals surface area contributed by atoms with Crippen molar-refractivity contribution < 1.29 is 9.90 Å².